The number of nitrogens with one attached hydrogen (secondary N) is 2. The van der Waals surface area contributed by atoms with Crippen LogP contribution in [0.5, 0.6) is 0 Å². The number of hydrogen-bond acceptors (Lipinski definition) is 4. The van der Waals surface area contributed by atoms with E-state index in [9.17, 15) is 18.8 Å². The summed E-state index contributed by atoms with van der Waals surface area (Å²) in [7, 11) is 0. The molecule has 8 nitrogen and oxygen atoms in total. The zero-order valence-corrected chi connectivity index (χ0v) is 15.7. The van der Waals surface area contributed by atoms with Gasteiger partial charge in [-0.3, -0.25) is 14.5 Å². The van der Waals surface area contributed by atoms with Gasteiger partial charge >= 0.3 is 6.03 Å². The summed E-state index contributed by atoms with van der Waals surface area (Å²) in [5.41, 5.74) is 6.56. The Bertz CT molecular complexity index is 895. The van der Waals surface area contributed by atoms with E-state index in [1.54, 1.807) is 29.2 Å². The number of primary amides is 1. The van der Waals surface area contributed by atoms with E-state index in [0.717, 1.165) is 0 Å². The summed E-state index contributed by atoms with van der Waals surface area (Å²) in [5.74, 6) is -0.699. The number of urea groups is 1. The molecule has 1 aliphatic rings. The number of rotatable bonds is 5. The van der Waals surface area contributed by atoms with Crippen LogP contribution in [-0.2, 0) is 4.79 Å². The van der Waals surface area contributed by atoms with Gasteiger partial charge in [-0.1, -0.05) is 6.07 Å². The Hall–Kier alpha value is -3.46. The lowest BCUT2D eigenvalue weighted by molar-refractivity contribution is -0.117. The molecule has 1 saturated heterocycles. The van der Waals surface area contributed by atoms with Crippen LogP contribution in [0.25, 0.3) is 0 Å². The van der Waals surface area contributed by atoms with Gasteiger partial charge in [0.15, 0.2) is 0 Å². The number of nitrogens with zero attached hydrogens (tertiary/aromatic N) is 2. The highest BCUT2D eigenvalue weighted by molar-refractivity contribution is 5.97. The maximum Gasteiger partial charge on any atom is 0.316 e. The van der Waals surface area contributed by atoms with Crippen LogP contribution in [0, 0.1) is 5.82 Å². The fourth-order valence-corrected chi connectivity index (χ4v) is 3.10. The van der Waals surface area contributed by atoms with Crippen LogP contribution in [0.2, 0.25) is 0 Å². The minimum Gasteiger partial charge on any atom is -0.351 e. The Labute approximate surface area is 167 Å². The zero-order valence-electron chi connectivity index (χ0n) is 15.7. The van der Waals surface area contributed by atoms with Crippen LogP contribution < -0.4 is 16.4 Å². The molecular formula is C20H22FN5O3. The van der Waals surface area contributed by atoms with Crippen LogP contribution >= 0.6 is 0 Å². The number of nitrogens with two attached hydrogens (primary N) is 1. The summed E-state index contributed by atoms with van der Waals surface area (Å²) in [6, 6.07) is 11.5. The molecule has 3 rings (SSSR count). The minimum absolute atomic E-state index is 0.145. The first-order valence-corrected chi connectivity index (χ1v) is 9.14. The molecule has 0 radical (unpaired) electrons. The van der Waals surface area contributed by atoms with Gasteiger partial charge in [0.05, 0.1) is 6.54 Å². The molecule has 152 valence electrons. The van der Waals surface area contributed by atoms with E-state index in [1.165, 1.54) is 24.3 Å². The van der Waals surface area contributed by atoms with Crippen molar-refractivity contribution < 1.29 is 18.8 Å². The topological polar surface area (TPSA) is 108 Å². The molecule has 0 unspecified atom stereocenters. The van der Waals surface area contributed by atoms with Gasteiger partial charge in [-0.05, 0) is 42.5 Å². The third kappa shape index (κ3) is 5.76. The first kappa shape index (κ1) is 20.3. The van der Waals surface area contributed by atoms with Crippen molar-refractivity contribution in [3.8, 4) is 0 Å². The summed E-state index contributed by atoms with van der Waals surface area (Å²) >= 11 is 0. The standard InChI is InChI=1S/C20H22FN5O3/c21-15-4-6-16(7-5-15)23-18(27)13-25-8-10-26(11-9-25)19(28)14-2-1-3-17(12-14)24-20(22)29/h1-7,12H,8-11,13H2,(H,23,27)(H3,22,24,29). The number of hydrogen-bond donors (Lipinski definition) is 3. The van der Waals surface area contributed by atoms with Crippen molar-refractivity contribution in [2.75, 3.05) is 43.4 Å². The van der Waals surface area contributed by atoms with Crippen LogP contribution in [0.3, 0.4) is 0 Å². The Morgan fingerprint density at radius 2 is 1.62 bits per heavy atom. The SMILES string of the molecule is NC(=O)Nc1cccc(C(=O)N2CCN(CC(=O)Nc3ccc(F)cc3)CC2)c1. The average molecular weight is 399 g/mol. The van der Waals surface area contributed by atoms with Crippen LogP contribution in [0.1, 0.15) is 10.4 Å². The fraction of sp³-hybridized carbons (Fsp3) is 0.250. The van der Waals surface area contributed by atoms with Crippen LogP contribution in [0.15, 0.2) is 48.5 Å². The summed E-state index contributed by atoms with van der Waals surface area (Å²) in [6.07, 6.45) is 0. The third-order valence-corrected chi connectivity index (χ3v) is 4.53. The predicted molar refractivity (Wildman–Crippen MR) is 107 cm³/mol. The Morgan fingerprint density at radius 1 is 0.931 bits per heavy atom. The highest BCUT2D eigenvalue weighted by Crippen LogP contribution is 2.14. The van der Waals surface area contributed by atoms with E-state index < -0.39 is 6.03 Å². The molecule has 2 aromatic rings. The summed E-state index contributed by atoms with van der Waals surface area (Å²) < 4.78 is 12.9. The molecule has 29 heavy (non-hydrogen) atoms. The predicted octanol–water partition coefficient (Wildman–Crippen LogP) is 1.71. The molecule has 0 aromatic heterocycles. The molecule has 0 atom stereocenters. The number of benzene rings is 2. The normalized spacial score (nSPS) is 14.3. The first-order chi connectivity index (χ1) is 13.9. The van der Waals surface area contributed by atoms with Crippen molar-refractivity contribution in [2.45, 2.75) is 0 Å². The van der Waals surface area contributed by atoms with E-state index in [4.69, 9.17) is 5.73 Å². The summed E-state index contributed by atoms with van der Waals surface area (Å²) in [6.45, 7) is 2.27. The second-order valence-corrected chi connectivity index (χ2v) is 6.69. The minimum atomic E-state index is -0.692. The average Bonchev–Trinajstić information content (AvgIpc) is 2.69. The second kappa shape index (κ2) is 9.16. The number of carbonyl (C=O) groups excluding carboxylic acids is 3. The number of amides is 4. The number of carbonyl (C=O) groups is 3. The monoisotopic (exact) mass is 399 g/mol. The Morgan fingerprint density at radius 3 is 2.28 bits per heavy atom. The van der Waals surface area contributed by atoms with Gasteiger partial charge in [-0.15, -0.1) is 0 Å². The van der Waals surface area contributed by atoms with E-state index in [-0.39, 0.29) is 24.2 Å². The van der Waals surface area contributed by atoms with Gasteiger partial charge in [-0.2, -0.15) is 0 Å². The molecule has 0 bridgehead atoms. The summed E-state index contributed by atoms with van der Waals surface area (Å²) in [5, 5.41) is 5.17. The van der Waals surface area contributed by atoms with Crippen molar-refractivity contribution >= 4 is 29.2 Å². The van der Waals surface area contributed by atoms with Gasteiger partial charge < -0.3 is 21.3 Å². The lowest BCUT2D eigenvalue weighted by Crippen LogP contribution is -2.50. The van der Waals surface area contributed by atoms with E-state index in [2.05, 4.69) is 10.6 Å². The van der Waals surface area contributed by atoms with Crippen molar-refractivity contribution in [1.82, 2.24) is 9.80 Å². The Balaban J connectivity index is 1.49. The highest BCUT2D eigenvalue weighted by Gasteiger charge is 2.23. The number of piperazine rings is 1. The van der Waals surface area contributed by atoms with E-state index in [1.807, 2.05) is 4.90 Å². The molecule has 9 heteroatoms. The second-order valence-electron chi connectivity index (χ2n) is 6.69. The smallest absolute Gasteiger partial charge is 0.316 e. The highest BCUT2D eigenvalue weighted by atomic mass is 19.1. The largest absolute Gasteiger partial charge is 0.351 e. The fourth-order valence-electron chi connectivity index (χ4n) is 3.10. The molecule has 4 N–H and O–H groups in total. The first-order valence-electron chi connectivity index (χ1n) is 9.14. The molecule has 0 spiro atoms. The quantitative estimate of drug-likeness (QED) is 0.711. The molecule has 2 aromatic carbocycles. The molecule has 0 aliphatic carbocycles. The van der Waals surface area contributed by atoms with E-state index in [0.29, 0.717) is 43.1 Å². The molecule has 0 saturated carbocycles. The summed E-state index contributed by atoms with van der Waals surface area (Å²) in [4.78, 5) is 39.5. The van der Waals surface area contributed by atoms with Crippen LogP contribution in [-0.4, -0.2) is 60.4 Å². The zero-order chi connectivity index (χ0) is 20.8. The van der Waals surface area contributed by atoms with Crippen molar-refractivity contribution in [3.63, 3.8) is 0 Å². The molecule has 1 aliphatic heterocycles. The van der Waals surface area contributed by atoms with E-state index >= 15 is 0 Å². The molecule has 4 amide bonds. The third-order valence-electron chi connectivity index (χ3n) is 4.53. The maximum absolute atomic E-state index is 12.9. The van der Waals surface area contributed by atoms with Gasteiger partial charge in [0.1, 0.15) is 5.82 Å². The van der Waals surface area contributed by atoms with Gasteiger partial charge in [-0.25, -0.2) is 9.18 Å². The molecule has 1 heterocycles. The number of halogens is 1. The molecular weight excluding hydrogens is 377 g/mol. The van der Waals surface area contributed by atoms with Gasteiger partial charge in [0.25, 0.3) is 5.91 Å². The van der Waals surface area contributed by atoms with Gasteiger partial charge in [0, 0.05) is 43.1 Å². The van der Waals surface area contributed by atoms with Crippen molar-refractivity contribution in [1.29, 1.82) is 0 Å². The Kier molecular flexibility index (Phi) is 6.40. The van der Waals surface area contributed by atoms with Crippen molar-refractivity contribution in [2.24, 2.45) is 5.73 Å². The maximum atomic E-state index is 12.9. The van der Waals surface area contributed by atoms with Crippen molar-refractivity contribution in [3.05, 3.63) is 59.9 Å². The molecule has 1 fully saturated rings. The number of anilines is 2. The lowest BCUT2D eigenvalue weighted by atomic mass is 10.1. The lowest BCUT2D eigenvalue weighted by Gasteiger charge is -2.34. The van der Waals surface area contributed by atoms with Crippen LogP contribution in [0.4, 0.5) is 20.6 Å². The van der Waals surface area contributed by atoms with Gasteiger partial charge in [0.2, 0.25) is 5.91 Å².